The van der Waals surface area contributed by atoms with Gasteiger partial charge in [0.15, 0.2) is 11.6 Å². The third kappa shape index (κ3) is 3.19. The first-order valence-corrected chi connectivity index (χ1v) is 7.39. The summed E-state index contributed by atoms with van der Waals surface area (Å²) in [6, 6.07) is 0. The molecule has 2 atom stereocenters. The minimum Gasteiger partial charge on any atom is -0.448 e. The molecule has 2 aliphatic rings. The van der Waals surface area contributed by atoms with Gasteiger partial charge < -0.3 is 19.8 Å². The lowest BCUT2D eigenvalue weighted by molar-refractivity contribution is 0.0853. The van der Waals surface area contributed by atoms with Gasteiger partial charge in [-0.05, 0) is 32.2 Å². The summed E-state index contributed by atoms with van der Waals surface area (Å²) in [5.74, 6) is 0.766. The Morgan fingerprint density at radius 1 is 1.45 bits per heavy atom. The standard InChI is InChI=1S/C14H21N3O3/c18-13(16-8-11-4-2-6-19-11)12-9-20-14(17-12)10-3-1-5-15-7-10/h9-11,15H,1-8H2,(H,16,18). The Hall–Kier alpha value is -1.40. The normalized spacial score (nSPS) is 26.6. The molecule has 0 radical (unpaired) electrons. The predicted octanol–water partition coefficient (Wildman–Crippen LogP) is 1.05. The molecular weight excluding hydrogens is 258 g/mol. The first kappa shape index (κ1) is 13.6. The van der Waals surface area contributed by atoms with E-state index in [-0.39, 0.29) is 17.9 Å². The zero-order valence-corrected chi connectivity index (χ0v) is 11.6. The summed E-state index contributed by atoms with van der Waals surface area (Å²) in [6.07, 6.45) is 5.86. The highest BCUT2D eigenvalue weighted by atomic mass is 16.5. The van der Waals surface area contributed by atoms with E-state index in [0.29, 0.717) is 18.1 Å². The SMILES string of the molecule is O=C(NCC1CCCO1)c1coc(C2CCCNC2)n1. The quantitative estimate of drug-likeness (QED) is 0.861. The number of carbonyl (C=O) groups is 1. The molecule has 0 aliphatic carbocycles. The van der Waals surface area contributed by atoms with Crippen molar-refractivity contribution in [3.8, 4) is 0 Å². The summed E-state index contributed by atoms with van der Waals surface area (Å²) in [6.45, 7) is 3.26. The van der Waals surface area contributed by atoms with Crippen LogP contribution in [0.2, 0.25) is 0 Å². The van der Waals surface area contributed by atoms with Crippen LogP contribution in [0.5, 0.6) is 0 Å². The van der Waals surface area contributed by atoms with Crippen LogP contribution in [-0.4, -0.2) is 43.2 Å². The number of carbonyl (C=O) groups excluding carboxylic acids is 1. The number of rotatable bonds is 4. The zero-order chi connectivity index (χ0) is 13.8. The fraction of sp³-hybridized carbons (Fsp3) is 0.714. The van der Waals surface area contributed by atoms with E-state index in [1.165, 1.54) is 6.26 Å². The van der Waals surface area contributed by atoms with Crippen molar-refractivity contribution in [3.05, 3.63) is 17.8 Å². The van der Waals surface area contributed by atoms with Crippen molar-refractivity contribution >= 4 is 5.91 Å². The Bertz CT molecular complexity index is 448. The minimum absolute atomic E-state index is 0.146. The van der Waals surface area contributed by atoms with E-state index in [4.69, 9.17) is 9.15 Å². The summed E-state index contributed by atoms with van der Waals surface area (Å²) >= 11 is 0. The number of amides is 1. The smallest absolute Gasteiger partial charge is 0.273 e. The van der Waals surface area contributed by atoms with E-state index < -0.39 is 0 Å². The molecule has 6 heteroatoms. The van der Waals surface area contributed by atoms with Gasteiger partial charge in [-0.15, -0.1) is 0 Å². The highest BCUT2D eigenvalue weighted by Crippen LogP contribution is 2.22. The Balaban J connectivity index is 1.53. The van der Waals surface area contributed by atoms with Gasteiger partial charge in [-0.2, -0.15) is 0 Å². The third-order valence-corrected chi connectivity index (χ3v) is 3.91. The average molecular weight is 279 g/mol. The maximum Gasteiger partial charge on any atom is 0.273 e. The van der Waals surface area contributed by atoms with E-state index in [1.54, 1.807) is 0 Å². The lowest BCUT2D eigenvalue weighted by Gasteiger charge is -2.19. The van der Waals surface area contributed by atoms with Crippen molar-refractivity contribution in [1.82, 2.24) is 15.6 Å². The van der Waals surface area contributed by atoms with Gasteiger partial charge in [0, 0.05) is 25.6 Å². The van der Waals surface area contributed by atoms with E-state index in [9.17, 15) is 4.79 Å². The number of ether oxygens (including phenoxy) is 1. The van der Waals surface area contributed by atoms with Crippen molar-refractivity contribution in [2.45, 2.75) is 37.7 Å². The number of hydrogen-bond acceptors (Lipinski definition) is 5. The van der Waals surface area contributed by atoms with Gasteiger partial charge in [0.05, 0.1) is 6.10 Å². The topological polar surface area (TPSA) is 76.4 Å². The summed E-state index contributed by atoms with van der Waals surface area (Å²) in [7, 11) is 0. The molecule has 1 amide bonds. The first-order valence-electron chi connectivity index (χ1n) is 7.39. The molecule has 0 saturated carbocycles. The van der Waals surface area contributed by atoms with Crippen LogP contribution in [0.4, 0.5) is 0 Å². The summed E-state index contributed by atoms with van der Waals surface area (Å²) in [5, 5.41) is 6.17. The average Bonchev–Trinajstić information content (AvgIpc) is 3.17. The number of oxazole rings is 1. The summed E-state index contributed by atoms with van der Waals surface area (Å²) in [4.78, 5) is 16.3. The van der Waals surface area contributed by atoms with Gasteiger partial charge in [0.2, 0.25) is 0 Å². The van der Waals surface area contributed by atoms with Gasteiger partial charge in [0.25, 0.3) is 5.91 Å². The molecule has 6 nitrogen and oxygen atoms in total. The second-order valence-corrected chi connectivity index (χ2v) is 5.46. The van der Waals surface area contributed by atoms with Gasteiger partial charge in [-0.1, -0.05) is 0 Å². The monoisotopic (exact) mass is 279 g/mol. The molecule has 3 rings (SSSR count). The molecule has 1 aromatic heterocycles. The molecular formula is C14H21N3O3. The number of hydrogen-bond donors (Lipinski definition) is 2. The van der Waals surface area contributed by atoms with Crippen LogP contribution in [0.1, 0.15) is 48.0 Å². The van der Waals surface area contributed by atoms with Crippen LogP contribution in [-0.2, 0) is 4.74 Å². The number of nitrogens with zero attached hydrogens (tertiary/aromatic N) is 1. The van der Waals surface area contributed by atoms with Gasteiger partial charge >= 0.3 is 0 Å². The second-order valence-electron chi connectivity index (χ2n) is 5.46. The summed E-state index contributed by atoms with van der Waals surface area (Å²) < 4.78 is 10.9. The van der Waals surface area contributed by atoms with Crippen molar-refractivity contribution in [2.24, 2.45) is 0 Å². The third-order valence-electron chi connectivity index (χ3n) is 3.91. The molecule has 20 heavy (non-hydrogen) atoms. The number of nitrogens with one attached hydrogen (secondary N) is 2. The Labute approximate surface area is 118 Å². The van der Waals surface area contributed by atoms with E-state index >= 15 is 0 Å². The van der Waals surface area contributed by atoms with Crippen LogP contribution in [0.15, 0.2) is 10.7 Å². The lowest BCUT2D eigenvalue weighted by atomic mass is 10.00. The molecule has 2 aliphatic heterocycles. The van der Waals surface area contributed by atoms with Crippen LogP contribution in [0.3, 0.4) is 0 Å². The molecule has 0 bridgehead atoms. The molecule has 1 aromatic rings. The Morgan fingerprint density at radius 2 is 2.40 bits per heavy atom. The van der Waals surface area contributed by atoms with E-state index in [0.717, 1.165) is 45.4 Å². The van der Waals surface area contributed by atoms with Crippen LogP contribution >= 0.6 is 0 Å². The largest absolute Gasteiger partial charge is 0.448 e. The van der Waals surface area contributed by atoms with Gasteiger partial charge in [-0.3, -0.25) is 4.79 Å². The fourth-order valence-electron chi connectivity index (χ4n) is 2.74. The maximum atomic E-state index is 12.0. The fourth-order valence-corrected chi connectivity index (χ4v) is 2.74. The number of aromatic nitrogens is 1. The molecule has 2 unspecified atom stereocenters. The van der Waals surface area contributed by atoms with Crippen molar-refractivity contribution < 1.29 is 13.9 Å². The van der Waals surface area contributed by atoms with Gasteiger partial charge in [-0.25, -0.2) is 4.98 Å². The Kier molecular flexibility index (Phi) is 4.32. The van der Waals surface area contributed by atoms with E-state index in [1.807, 2.05) is 0 Å². The maximum absolute atomic E-state index is 12.0. The van der Waals surface area contributed by atoms with Crippen molar-refractivity contribution in [3.63, 3.8) is 0 Å². The molecule has 2 fully saturated rings. The molecule has 0 aromatic carbocycles. The highest BCUT2D eigenvalue weighted by Gasteiger charge is 2.22. The first-order chi connectivity index (χ1) is 9.83. The molecule has 3 heterocycles. The highest BCUT2D eigenvalue weighted by molar-refractivity contribution is 5.91. The lowest BCUT2D eigenvalue weighted by Crippen LogP contribution is -2.32. The second kappa shape index (κ2) is 6.37. The molecule has 110 valence electrons. The molecule has 2 saturated heterocycles. The zero-order valence-electron chi connectivity index (χ0n) is 11.6. The molecule has 2 N–H and O–H groups in total. The minimum atomic E-state index is -0.181. The van der Waals surface area contributed by atoms with Gasteiger partial charge in [0.1, 0.15) is 6.26 Å². The van der Waals surface area contributed by atoms with Crippen molar-refractivity contribution in [2.75, 3.05) is 26.2 Å². The predicted molar refractivity (Wildman–Crippen MR) is 72.7 cm³/mol. The molecule has 0 spiro atoms. The van der Waals surface area contributed by atoms with Crippen LogP contribution in [0, 0.1) is 0 Å². The summed E-state index contributed by atoms with van der Waals surface area (Å²) in [5.41, 5.74) is 0.364. The number of piperidine rings is 1. The van der Waals surface area contributed by atoms with E-state index in [2.05, 4.69) is 15.6 Å². The Morgan fingerprint density at radius 3 is 3.15 bits per heavy atom. The van der Waals surface area contributed by atoms with Crippen LogP contribution < -0.4 is 10.6 Å². The van der Waals surface area contributed by atoms with Crippen molar-refractivity contribution in [1.29, 1.82) is 0 Å². The van der Waals surface area contributed by atoms with Crippen LogP contribution in [0.25, 0.3) is 0 Å².